The van der Waals surface area contributed by atoms with Crippen molar-refractivity contribution in [3.63, 3.8) is 0 Å². The number of benzene rings is 1. The highest BCUT2D eigenvalue weighted by molar-refractivity contribution is 9.10. The molecule has 0 amide bonds. The zero-order chi connectivity index (χ0) is 16.8. The molecule has 1 rings (SSSR count). The fourth-order valence-electron chi connectivity index (χ4n) is 1.44. The lowest BCUT2D eigenvalue weighted by atomic mass is 9.90. The molecule has 0 spiro atoms. The maximum atomic E-state index is 13.2. The summed E-state index contributed by atoms with van der Waals surface area (Å²) in [5.41, 5.74) is -9.57. The topological polar surface area (TPSA) is 63.4 Å². The van der Waals surface area contributed by atoms with E-state index in [2.05, 4.69) is 15.9 Å². The van der Waals surface area contributed by atoms with E-state index in [0.717, 1.165) is 0 Å². The molecular formula is C9H3BrF7NO3. The summed E-state index contributed by atoms with van der Waals surface area (Å²) in [5, 5.41) is 19.7. The van der Waals surface area contributed by atoms with Crippen LogP contribution in [0.4, 0.5) is 36.4 Å². The minimum atomic E-state index is -6.35. The summed E-state index contributed by atoms with van der Waals surface area (Å²) < 4.78 is 88.3. The third-order valence-corrected chi connectivity index (χ3v) is 3.05. The van der Waals surface area contributed by atoms with Gasteiger partial charge in [-0.25, -0.2) is 4.39 Å². The van der Waals surface area contributed by atoms with E-state index in [1.165, 1.54) is 0 Å². The van der Waals surface area contributed by atoms with E-state index < -0.39 is 44.4 Å². The lowest BCUT2D eigenvalue weighted by Gasteiger charge is -2.32. The van der Waals surface area contributed by atoms with E-state index in [0.29, 0.717) is 0 Å². The van der Waals surface area contributed by atoms with E-state index >= 15 is 0 Å². The van der Waals surface area contributed by atoms with E-state index in [9.17, 15) is 40.8 Å². The Morgan fingerprint density at radius 1 is 1.10 bits per heavy atom. The molecule has 0 aliphatic rings. The number of halogens is 8. The molecule has 1 N–H and O–H groups in total. The first kappa shape index (κ1) is 17.6. The first-order valence-corrected chi connectivity index (χ1v) is 5.52. The van der Waals surface area contributed by atoms with Gasteiger partial charge >= 0.3 is 12.4 Å². The number of nitro groups is 1. The zero-order valence-corrected chi connectivity index (χ0v) is 11.0. The summed E-state index contributed by atoms with van der Waals surface area (Å²) in [6.45, 7) is 0. The Morgan fingerprint density at radius 2 is 1.52 bits per heavy atom. The molecule has 21 heavy (non-hydrogen) atoms. The number of aliphatic hydroxyl groups is 1. The molecule has 0 radical (unpaired) electrons. The van der Waals surface area contributed by atoms with Gasteiger partial charge in [0, 0.05) is 6.07 Å². The van der Waals surface area contributed by atoms with Crippen molar-refractivity contribution >= 4 is 21.6 Å². The van der Waals surface area contributed by atoms with Crippen LogP contribution in [0.2, 0.25) is 0 Å². The van der Waals surface area contributed by atoms with Crippen LogP contribution in [-0.2, 0) is 5.60 Å². The first-order valence-electron chi connectivity index (χ1n) is 4.73. The maximum absolute atomic E-state index is 13.2. The van der Waals surface area contributed by atoms with Gasteiger partial charge in [0.1, 0.15) is 5.82 Å². The Hall–Kier alpha value is -1.43. The SMILES string of the molecule is O=[N+]([O-])c1cc(Br)c(F)cc1C(O)(C(F)(F)F)C(F)(F)F. The Labute approximate surface area is 119 Å². The van der Waals surface area contributed by atoms with E-state index in [1.54, 1.807) is 0 Å². The van der Waals surface area contributed by atoms with Gasteiger partial charge in [0.15, 0.2) is 0 Å². The molecule has 0 heterocycles. The molecule has 0 saturated heterocycles. The number of rotatable bonds is 2. The number of hydrogen-bond donors (Lipinski definition) is 1. The molecule has 12 heteroatoms. The molecule has 0 unspecified atom stereocenters. The monoisotopic (exact) mass is 385 g/mol. The van der Waals surface area contributed by atoms with E-state index in [-0.39, 0.29) is 12.1 Å². The number of hydrogen-bond acceptors (Lipinski definition) is 3. The molecule has 1 aromatic rings. The predicted octanol–water partition coefficient (Wildman–Crippen LogP) is 3.81. The number of nitro benzene ring substituents is 1. The standard InChI is InChI=1S/C9H3BrF7NO3/c10-4-2-6(18(20)21)3(1-5(4)11)7(19,8(12,13)14)9(15,16)17/h1-2,19H. The highest BCUT2D eigenvalue weighted by atomic mass is 79.9. The van der Waals surface area contributed by atoms with Crippen LogP contribution < -0.4 is 0 Å². The molecule has 0 aromatic heterocycles. The average molecular weight is 386 g/mol. The third-order valence-electron chi connectivity index (χ3n) is 2.45. The average Bonchev–Trinajstić information content (AvgIpc) is 2.27. The van der Waals surface area contributed by atoms with Crippen molar-refractivity contribution in [3.8, 4) is 0 Å². The maximum Gasteiger partial charge on any atom is 0.430 e. The van der Waals surface area contributed by atoms with Gasteiger partial charge < -0.3 is 5.11 Å². The molecule has 4 nitrogen and oxygen atoms in total. The van der Waals surface area contributed by atoms with Gasteiger partial charge in [0.25, 0.3) is 11.3 Å². The Morgan fingerprint density at radius 3 is 1.86 bits per heavy atom. The van der Waals surface area contributed by atoms with Crippen LogP contribution in [0, 0.1) is 15.9 Å². The molecule has 0 fully saturated rings. The normalized spacial score (nSPS) is 13.4. The fraction of sp³-hybridized carbons (Fsp3) is 0.333. The Balaban J connectivity index is 3.84. The molecule has 1 aromatic carbocycles. The summed E-state index contributed by atoms with van der Waals surface area (Å²) in [4.78, 5) is 9.01. The van der Waals surface area contributed by atoms with Gasteiger partial charge in [-0.1, -0.05) is 0 Å². The second-order valence-corrected chi connectivity index (χ2v) is 4.60. The van der Waals surface area contributed by atoms with Gasteiger partial charge in [0.05, 0.1) is 15.0 Å². The predicted molar refractivity (Wildman–Crippen MR) is 56.8 cm³/mol. The second kappa shape index (κ2) is 5.09. The lowest BCUT2D eigenvalue weighted by molar-refractivity contribution is -0.402. The van der Waals surface area contributed by atoms with Gasteiger partial charge in [0.2, 0.25) is 0 Å². The summed E-state index contributed by atoms with van der Waals surface area (Å²) >= 11 is 2.39. The molecule has 0 atom stereocenters. The van der Waals surface area contributed by atoms with Crippen molar-refractivity contribution in [3.05, 3.63) is 38.1 Å². The number of nitrogens with zero attached hydrogens (tertiary/aromatic N) is 1. The van der Waals surface area contributed by atoms with E-state index in [4.69, 9.17) is 5.11 Å². The molecule has 0 saturated carbocycles. The fourth-order valence-corrected chi connectivity index (χ4v) is 1.77. The van der Waals surface area contributed by atoms with Crippen LogP contribution in [0.5, 0.6) is 0 Å². The highest BCUT2D eigenvalue weighted by Gasteiger charge is 2.73. The van der Waals surface area contributed by atoms with Crippen LogP contribution in [0.15, 0.2) is 16.6 Å². The van der Waals surface area contributed by atoms with Crippen molar-refractivity contribution in [2.24, 2.45) is 0 Å². The Kier molecular flexibility index (Phi) is 4.27. The Bertz CT molecular complexity index is 570. The van der Waals surface area contributed by atoms with Crippen molar-refractivity contribution < 1.29 is 40.8 Å². The molecular weight excluding hydrogens is 383 g/mol. The summed E-state index contributed by atoms with van der Waals surface area (Å²) in [5.74, 6) is -1.64. The summed E-state index contributed by atoms with van der Waals surface area (Å²) in [6.07, 6.45) is -12.7. The quantitative estimate of drug-likeness (QED) is 0.478. The number of alkyl halides is 6. The largest absolute Gasteiger partial charge is 0.430 e. The third kappa shape index (κ3) is 2.81. The minimum Gasteiger partial charge on any atom is -0.369 e. The summed E-state index contributed by atoms with van der Waals surface area (Å²) in [7, 11) is 0. The van der Waals surface area contributed by atoms with Crippen LogP contribution in [-0.4, -0.2) is 22.4 Å². The van der Waals surface area contributed by atoms with Crippen LogP contribution in [0.3, 0.4) is 0 Å². The lowest BCUT2D eigenvalue weighted by Crippen LogP contribution is -2.54. The van der Waals surface area contributed by atoms with Crippen LogP contribution in [0.1, 0.15) is 5.56 Å². The smallest absolute Gasteiger partial charge is 0.369 e. The molecule has 0 bridgehead atoms. The summed E-state index contributed by atoms with van der Waals surface area (Å²) in [6, 6.07) is -0.281. The highest BCUT2D eigenvalue weighted by Crippen LogP contribution is 2.52. The van der Waals surface area contributed by atoms with Crippen LogP contribution in [0.25, 0.3) is 0 Å². The molecule has 0 aliphatic heterocycles. The van der Waals surface area contributed by atoms with Gasteiger partial charge in [-0.3, -0.25) is 10.1 Å². The minimum absolute atomic E-state index is 0.104. The second-order valence-electron chi connectivity index (χ2n) is 3.75. The molecule has 118 valence electrons. The van der Waals surface area contributed by atoms with Gasteiger partial charge in [-0.15, -0.1) is 0 Å². The van der Waals surface area contributed by atoms with Crippen molar-refractivity contribution in [1.82, 2.24) is 0 Å². The van der Waals surface area contributed by atoms with E-state index in [1.807, 2.05) is 0 Å². The van der Waals surface area contributed by atoms with Crippen LogP contribution >= 0.6 is 15.9 Å². The van der Waals surface area contributed by atoms with Gasteiger partial charge in [-0.05, 0) is 22.0 Å². The first-order chi connectivity index (χ1) is 9.23. The van der Waals surface area contributed by atoms with Gasteiger partial charge in [-0.2, -0.15) is 26.3 Å². The zero-order valence-electron chi connectivity index (χ0n) is 9.39. The molecule has 0 aliphatic carbocycles. The van der Waals surface area contributed by atoms with Crippen molar-refractivity contribution in [1.29, 1.82) is 0 Å². The van der Waals surface area contributed by atoms with Crippen molar-refractivity contribution in [2.45, 2.75) is 18.0 Å². The van der Waals surface area contributed by atoms with Crippen molar-refractivity contribution in [2.75, 3.05) is 0 Å².